The Hall–Kier alpha value is -2.34. The number of carbonyl (C=O) groups is 2. The van der Waals surface area contributed by atoms with Gasteiger partial charge in [0.05, 0.1) is 12.7 Å². The number of benzene rings is 1. The van der Waals surface area contributed by atoms with E-state index in [1.165, 1.54) is 23.3 Å². The Morgan fingerprint density at radius 1 is 1.17 bits per heavy atom. The van der Waals surface area contributed by atoms with Gasteiger partial charge in [-0.1, -0.05) is 26.8 Å². The standard InChI is InChI=1S/C24H31NO4S/c1-14-9-15(2)11-17(10-14)29-13-20(26)25-22-21(23(27)28-6)18-8-7-16(24(3,4)5)12-19(18)30-22/h9-11,16H,7-8,12-13H2,1-6H3,(H,25,26)/t16-/m1/s1. The van der Waals surface area contributed by atoms with Gasteiger partial charge in [-0.2, -0.15) is 0 Å². The zero-order valence-electron chi connectivity index (χ0n) is 18.7. The highest BCUT2D eigenvalue weighted by atomic mass is 32.1. The van der Waals surface area contributed by atoms with Crippen LogP contribution in [0.3, 0.4) is 0 Å². The molecule has 162 valence electrons. The normalized spacial score (nSPS) is 16.0. The molecule has 1 heterocycles. The fourth-order valence-corrected chi connectivity index (χ4v) is 5.39. The molecule has 1 atom stereocenters. The van der Waals surface area contributed by atoms with Crippen LogP contribution in [-0.2, 0) is 22.4 Å². The summed E-state index contributed by atoms with van der Waals surface area (Å²) in [7, 11) is 1.38. The topological polar surface area (TPSA) is 64.6 Å². The van der Waals surface area contributed by atoms with Crippen LogP contribution in [0.5, 0.6) is 5.75 Å². The van der Waals surface area contributed by atoms with Gasteiger partial charge in [0.2, 0.25) is 0 Å². The Balaban J connectivity index is 1.77. The van der Waals surface area contributed by atoms with Crippen LogP contribution >= 0.6 is 11.3 Å². The van der Waals surface area contributed by atoms with Crippen molar-refractivity contribution in [3.63, 3.8) is 0 Å². The second-order valence-corrected chi connectivity index (χ2v) is 10.3. The Morgan fingerprint density at radius 2 is 1.83 bits per heavy atom. The number of fused-ring (bicyclic) bond motifs is 1. The van der Waals surface area contributed by atoms with E-state index in [4.69, 9.17) is 9.47 Å². The lowest BCUT2D eigenvalue weighted by Crippen LogP contribution is -2.26. The summed E-state index contributed by atoms with van der Waals surface area (Å²) in [6.07, 6.45) is 2.77. The van der Waals surface area contributed by atoms with Gasteiger partial charge < -0.3 is 14.8 Å². The van der Waals surface area contributed by atoms with Crippen LogP contribution in [0.2, 0.25) is 0 Å². The molecule has 1 amide bonds. The molecule has 0 fully saturated rings. The first-order valence-corrected chi connectivity index (χ1v) is 11.1. The minimum absolute atomic E-state index is 0.114. The molecule has 0 saturated carbocycles. The highest BCUT2D eigenvalue weighted by molar-refractivity contribution is 7.17. The van der Waals surface area contributed by atoms with Crippen LogP contribution in [0, 0.1) is 25.2 Å². The molecule has 30 heavy (non-hydrogen) atoms. The fourth-order valence-electron chi connectivity index (χ4n) is 4.06. The van der Waals surface area contributed by atoms with Gasteiger partial charge >= 0.3 is 5.97 Å². The van der Waals surface area contributed by atoms with Gasteiger partial charge in [-0.05, 0) is 73.3 Å². The van der Waals surface area contributed by atoms with Crippen LogP contribution < -0.4 is 10.1 Å². The van der Waals surface area contributed by atoms with Gasteiger partial charge in [0, 0.05) is 4.88 Å². The third kappa shape index (κ3) is 5.04. The third-order valence-electron chi connectivity index (χ3n) is 5.70. The lowest BCUT2D eigenvalue weighted by molar-refractivity contribution is -0.118. The first-order valence-electron chi connectivity index (χ1n) is 10.3. The summed E-state index contributed by atoms with van der Waals surface area (Å²) in [5.74, 6) is 0.525. The molecule has 1 aliphatic rings. The monoisotopic (exact) mass is 429 g/mol. The highest BCUT2D eigenvalue weighted by Crippen LogP contribution is 2.44. The Labute approximate surface area is 182 Å². The molecule has 0 unspecified atom stereocenters. The number of hydrogen-bond acceptors (Lipinski definition) is 5. The first-order chi connectivity index (χ1) is 14.1. The molecular weight excluding hydrogens is 398 g/mol. The number of ether oxygens (including phenoxy) is 2. The molecule has 1 N–H and O–H groups in total. The number of anilines is 1. The van der Waals surface area contributed by atoms with Gasteiger partial charge in [-0.3, -0.25) is 4.79 Å². The van der Waals surface area contributed by atoms with Crippen LogP contribution in [0.25, 0.3) is 0 Å². The van der Waals surface area contributed by atoms with Crippen LogP contribution in [0.1, 0.15) is 59.1 Å². The van der Waals surface area contributed by atoms with Gasteiger partial charge in [0.15, 0.2) is 6.61 Å². The van der Waals surface area contributed by atoms with Crippen molar-refractivity contribution in [2.24, 2.45) is 11.3 Å². The number of carbonyl (C=O) groups excluding carboxylic acids is 2. The SMILES string of the molecule is COC(=O)c1c(NC(=O)COc2cc(C)cc(C)c2)sc2c1CC[C@@H](C(C)(C)C)C2. The zero-order valence-corrected chi connectivity index (χ0v) is 19.5. The number of methoxy groups -OCH3 is 1. The van der Waals surface area contributed by atoms with Gasteiger partial charge in [0.25, 0.3) is 5.91 Å². The lowest BCUT2D eigenvalue weighted by atomic mass is 9.72. The number of rotatable bonds is 5. The Bertz CT molecular complexity index is 935. The van der Waals surface area contributed by atoms with E-state index in [-0.39, 0.29) is 17.9 Å². The summed E-state index contributed by atoms with van der Waals surface area (Å²) in [5, 5.41) is 3.45. The van der Waals surface area contributed by atoms with Crippen LogP contribution in [-0.4, -0.2) is 25.6 Å². The molecule has 1 aromatic heterocycles. The molecule has 0 saturated heterocycles. The maximum atomic E-state index is 12.6. The van der Waals surface area contributed by atoms with Gasteiger partial charge in [0.1, 0.15) is 10.8 Å². The number of hydrogen-bond donors (Lipinski definition) is 1. The summed E-state index contributed by atoms with van der Waals surface area (Å²) >= 11 is 1.49. The van der Waals surface area contributed by atoms with Crippen molar-refractivity contribution in [1.29, 1.82) is 0 Å². The van der Waals surface area contributed by atoms with Crippen molar-refractivity contribution < 1.29 is 19.1 Å². The summed E-state index contributed by atoms with van der Waals surface area (Å²) in [6, 6.07) is 5.85. The van der Waals surface area contributed by atoms with E-state index in [2.05, 4.69) is 32.2 Å². The van der Waals surface area contributed by atoms with E-state index in [9.17, 15) is 9.59 Å². The van der Waals surface area contributed by atoms with Crippen molar-refractivity contribution in [3.8, 4) is 5.75 Å². The van der Waals surface area contributed by atoms with Crippen molar-refractivity contribution >= 4 is 28.2 Å². The smallest absolute Gasteiger partial charge is 0.341 e. The molecule has 0 radical (unpaired) electrons. The maximum absolute atomic E-state index is 12.6. The van der Waals surface area contributed by atoms with E-state index in [1.807, 2.05) is 26.0 Å². The molecule has 2 aromatic rings. The lowest BCUT2D eigenvalue weighted by Gasteiger charge is -2.33. The molecule has 3 rings (SSSR count). The van der Waals surface area contributed by atoms with Gasteiger partial charge in [-0.15, -0.1) is 11.3 Å². The van der Waals surface area contributed by atoms with E-state index in [1.54, 1.807) is 0 Å². The summed E-state index contributed by atoms with van der Waals surface area (Å²) in [6.45, 7) is 10.6. The van der Waals surface area contributed by atoms with E-state index >= 15 is 0 Å². The van der Waals surface area contributed by atoms with Crippen molar-refractivity contribution in [2.45, 2.75) is 53.9 Å². The average molecular weight is 430 g/mol. The molecule has 0 aliphatic heterocycles. The Morgan fingerprint density at radius 3 is 2.43 bits per heavy atom. The highest BCUT2D eigenvalue weighted by Gasteiger charge is 2.34. The minimum Gasteiger partial charge on any atom is -0.484 e. The number of nitrogens with one attached hydrogen (secondary N) is 1. The number of thiophene rings is 1. The predicted octanol–water partition coefficient (Wildman–Crippen LogP) is 5.32. The molecular formula is C24H31NO4S. The summed E-state index contributed by atoms with van der Waals surface area (Å²) in [4.78, 5) is 26.2. The largest absolute Gasteiger partial charge is 0.484 e. The average Bonchev–Trinajstić information content (AvgIpc) is 3.01. The predicted molar refractivity (Wildman–Crippen MR) is 121 cm³/mol. The van der Waals surface area contributed by atoms with Crippen molar-refractivity contribution in [3.05, 3.63) is 45.3 Å². The van der Waals surface area contributed by atoms with E-state index in [0.29, 0.717) is 22.2 Å². The number of amides is 1. The Kier molecular flexibility index (Phi) is 6.56. The van der Waals surface area contributed by atoms with Crippen LogP contribution in [0.4, 0.5) is 5.00 Å². The number of esters is 1. The quantitative estimate of drug-likeness (QED) is 0.653. The minimum atomic E-state index is -0.396. The maximum Gasteiger partial charge on any atom is 0.341 e. The molecule has 6 heteroatoms. The first kappa shape index (κ1) is 22.3. The summed E-state index contributed by atoms with van der Waals surface area (Å²) in [5.41, 5.74) is 3.90. The summed E-state index contributed by atoms with van der Waals surface area (Å²) < 4.78 is 10.7. The molecule has 0 spiro atoms. The second kappa shape index (κ2) is 8.80. The zero-order chi connectivity index (χ0) is 22.1. The van der Waals surface area contributed by atoms with Crippen molar-refractivity contribution in [2.75, 3.05) is 19.0 Å². The van der Waals surface area contributed by atoms with Crippen molar-refractivity contribution in [1.82, 2.24) is 0 Å². The van der Waals surface area contributed by atoms with E-state index < -0.39 is 5.97 Å². The molecule has 1 aromatic carbocycles. The number of aryl methyl sites for hydroxylation is 2. The molecule has 1 aliphatic carbocycles. The fraction of sp³-hybridized carbons (Fsp3) is 0.500. The van der Waals surface area contributed by atoms with Gasteiger partial charge in [-0.25, -0.2) is 4.79 Å². The third-order valence-corrected chi connectivity index (χ3v) is 6.87. The molecule has 5 nitrogen and oxygen atoms in total. The van der Waals surface area contributed by atoms with E-state index in [0.717, 1.165) is 36.0 Å². The second-order valence-electron chi connectivity index (χ2n) is 9.17. The molecule has 0 bridgehead atoms. The van der Waals surface area contributed by atoms with Crippen LogP contribution in [0.15, 0.2) is 18.2 Å².